The molecule has 0 bridgehead atoms. The van der Waals surface area contributed by atoms with Crippen molar-refractivity contribution in [2.45, 2.75) is 154 Å². The maximum absolute atomic E-state index is 16.8. The predicted molar refractivity (Wildman–Crippen MR) is 205 cm³/mol. The molecule has 318 valence electrons. The number of halogens is 2. The Morgan fingerprint density at radius 2 is 1.75 bits per heavy atom. The van der Waals surface area contributed by atoms with Crippen LogP contribution in [0.15, 0.2) is 24.3 Å². The van der Waals surface area contributed by atoms with Gasteiger partial charge in [-0.3, -0.25) is 4.79 Å². The largest absolute Gasteiger partial charge is 0.456 e. The Morgan fingerprint density at radius 1 is 1.09 bits per heavy atom. The summed E-state index contributed by atoms with van der Waals surface area (Å²) in [4.78, 5) is 43.9. The second-order valence-corrected chi connectivity index (χ2v) is 17.1. The number of alkyl halides is 1. The molecule has 3 fully saturated rings. The van der Waals surface area contributed by atoms with Crippen LogP contribution in [0.3, 0.4) is 0 Å². The molecule has 3 heterocycles. The van der Waals surface area contributed by atoms with Crippen molar-refractivity contribution < 1.29 is 52.0 Å². The van der Waals surface area contributed by atoms with Gasteiger partial charge in [-0.2, -0.15) is 0 Å². The number of carbonyl (C=O) groups is 3. The van der Waals surface area contributed by atoms with Gasteiger partial charge >= 0.3 is 12.1 Å². The normalized spacial score (nSPS) is 40.4. The lowest BCUT2D eigenvalue weighted by molar-refractivity contribution is -0.296. The summed E-state index contributed by atoms with van der Waals surface area (Å²) in [6, 6.07) is 4.58. The number of ether oxygens (including phenoxy) is 5. The molecule has 0 aliphatic carbocycles. The predicted octanol–water partition coefficient (Wildman–Crippen LogP) is 4.66. The van der Waals surface area contributed by atoms with Gasteiger partial charge in [-0.25, -0.2) is 28.4 Å². The van der Waals surface area contributed by atoms with E-state index in [1.54, 1.807) is 19.9 Å². The topological polar surface area (TPSA) is 153 Å². The molecule has 3 aliphatic rings. The molecule has 1 aromatic carbocycles. The van der Waals surface area contributed by atoms with Gasteiger partial charge in [0.05, 0.1) is 23.9 Å². The number of amides is 1. The van der Waals surface area contributed by atoms with Crippen LogP contribution in [0.25, 0.3) is 0 Å². The third kappa shape index (κ3) is 9.24. The number of hydrogen-bond acceptors (Lipinski definition) is 12. The van der Waals surface area contributed by atoms with Crippen LogP contribution in [0.2, 0.25) is 0 Å². The number of cyclic esters (lactones) is 1. The van der Waals surface area contributed by atoms with Crippen molar-refractivity contribution in [1.29, 1.82) is 0 Å². The quantitative estimate of drug-likeness (QED) is 0.250. The van der Waals surface area contributed by atoms with Crippen molar-refractivity contribution in [3.63, 3.8) is 0 Å². The fraction of sp³-hybridized carbons (Fsp3) is 0.780. The number of Topliss-reactive ketones (excluding diaryl/α,β-unsaturated/α-hetero) is 1. The van der Waals surface area contributed by atoms with Gasteiger partial charge in [0.2, 0.25) is 0 Å². The Morgan fingerprint density at radius 3 is 2.34 bits per heavy atom. The Bertz CT molecular complexity index is 1540. The lowest BCUT2D eigenvalue weighted by atomic mass is 9.72. The fourth-order valence-corrected chi connectivity index (χ4v) is 9.05. The first-order valence-corrected chi connectivity index (χ1v) is 20.0. The maximum Gasteiger partial charge on any atom is 0.425 e. The van der Waals surface area contributed by atoms with Gasteiger partial charge in [0.15, 0.2) is 17.7 Å². The number of hydrazine groups is 1. The summed E-state index contributed by atoms with van der Waals surface area (Å²) in [6.45, 7) is 15.6. The molecule has 0 spiro atoms. The number of rotatable bonds is 10. The number of ketones is 1. The molecule has 4 rings (SSSR count). The van der Waals surface area contributed by atoms with Gasteiger partial charge in [-0.05, 0) is 104 Å². The zero-order valence-corrected chi connectivity index (χ0v) is 35.3. The number of likely N-dealkylation sites (N-methyl/N-ethyl adjacent to an activating group) is 1. The second kappa shape index (κ2) is 18.0. The molecule has 56 heavy (non-hydrogen) atoms. The van der Waals surface area contributed by atoms with Crippen LogP contribution in [0, 0.1) is 23.6 Å². The van der Waals surface area contributed by atoms with Crippen LogP contribution < -0.4 is 5.73 Å². The smallest absolute Gasteiger partial charge is 0.425 e. The molecule has 3 aliphatic heterocycles. The summed E-state index contributed by atoms with van der Waals surface area (Å²) in [5.74, 6) is -5.07. The highest BCUT2D eigenvalue weighted by molar-refractivity contribution is 6.07. The standard InChI is InChI=1S/C41H66F2N4O9/c1-13-46(19-15-17-28-16-14-18-29(42)21-28)47-33-25(4)31(44)23(2)22-39(7,52-12)35(55-36-32(48)30(45(10)11)20-24(3)53-36)26(5)34(49)40(8,43)37(50)54-27(6)41(33,9)56-38(47)51/h14,16,18,21,23-27,30-33,35-36,48H,13,15,17,19-20,22,44H2,1-12H3/t23-,24-,25-,26+,27+,30+,31?,32-,33-,35-,36+,39+,40?,41-/m1/s1. The molecule has 3 saturated heterocycles. The van der Waals surface area contributed by atoms with Crippen LogP contribution >= 0.6 is 0 Å². The Labute approximate surface area is 331 Å². The summed E-state index contributed by atoms with van der Waals surface area (Å²) in [5, 5.41) is 14.8. The first-order chi connectivity index (χ1) is 26.0. The molecule has 1 amide bonds. The average Bonchev–Trinajstić information content (AvgIpc) is 3.41. The SMILES string of the molecule is CCN(CCCc1cccc(F)c1)N1C(=O)O[C@]2(C)[C@H](C)OC(=O)C(C)(F)C(=O)[C@H](C)[C@@H](O[C@@H]3O[C@H](C)C[C@H](N(C)C)[C@H]3O)[C@@](C)(OC)C[C@@H](C)C(N)[C@@H](C)[C@@H]12. The van der Waals surface area contributed by atoms with Crippen molar-refractivity contribution >= 4 is 17.8 Å². The molecule has 15 heteroatoms. The summed E-state index contributed by atoms with van der Waals surface area (Å²) < 4.78 is 61.4. The number of esters is 1. The number of carbonyl (C=O) groups excluding carboxylic acids is 3. The van der Waals surface area contributed by atoms with Crippen LogP contribution in [0.4, 0.5) is 13.6 Å². The average molecular weight is 797 g/mol. The lowest BCUT2D eigenvalue weighted by Gasteiger charge is -2.48. The van der Waals surface area contributed by atoms with E-state index < -0.39 is 83.2 Å². The van der Waals surface area contributed by atoms with Crippen LogP contribution in [0.1, 0.15) is 87.1 Å². The zero-order chi connectivity index (χ0) is 42.1. The Balaban J connectivity index is 1.76. The molecule has 3 N–H and O–H groups in total. The van der Waals surface area contributed by atoms with Crippen molar-refractivity contribution in [3.8, 4) is 0 Å². The third-order valence-corrected chi connectivity index (χ3v) is 12.7. The van der Waals surface area contributed by atoms with Gasteiger partial charge in [0.1, 0.15) is 18.0 Å². The number of benzene rings is 1. The van der Waals surface area contributed by atoms with Crippen LogP contribution in [-0.2, 0) is 39.7 Å². The van der Waals surface area contributed by atoms with E-state index in [2.05, 4.69) is 0 Å². The third-order valence-electron chi connectivity index (χ3n) is 12.7. The first-order valence-electron chi connectivity index (χ1n) is 20.0. The number of methoxy groups -OCH3 is 1. The van der Waals surface area contributed by atoms with Gasteiger partial charge in [0, 0.05) is 38.2 Å². The first kappa shape index (κ1) is 45.9. The van der Waals surface area contributed by atoms with Crippen LogP contribution in [0.5, 0.6) is 0 Å². The molecule has 2 unspecified atom stereocenters. The minimum absolute atomic E-state index is 0.194. The second-order valence-electron chi connectivity index (χ2n) is 17.1. The van der Waals surface area contributed by atoms with E-state index in [9.17, 15) is 23.9 Å². The van der Waals surface area contributed by atoms with E-state index >= 15 is 4.39 Å². The molecular formula is C41H66F2N4O9. The van der Waals surface area contributed by atoms with Gasteiger partial charge in [-0.1, -0.05) is 39.8 Å². The van der Waals surface area contributed by atoms with Crippen molar-refractivity contribution in [2.24, 2.45) is 23.5 Å². The van der Waals surface area contributed by atoms with E-state index in [0.29, 0.717) is 32.4 Å². The number of nitrogens with two attached hydrogens (primary N) is 1. The zero-order valence-electron chi connectivity index (χ0n) is 35.3. The minimum atomic E-state index is -3.16. The number of aliphatic hydroxyl groups is 1. The molecule has 1 aromatic rings. The summed E-state index contributed by atoms with van der Waals surface area (Å²) in [5.41, 5.74) is 1.94. The van der Waals surface area contributed by atoms with Crippen molar-refractivity contribution in [3.05, 3.63) is 35.6 Å². The lowest BCUT2D eigenvalue weighted by Crippen LogP contribution is -2.64. The Hall–Kier alpha value is -2.79. The Kier molecular flexibility index (Phi) is 14.8. The molecule has 13 nitrogen and oxygen atoms in total. The molecule has 0 aromatic heterocycles. The van der Waals surface area contributed by atoms with Gasteiger partial charge in [0.25, 0.3) is 5.67 Å². The number of nitrogens with zero attached hydrogens (tertiary/aromatic N) is 3. The number of hydrogen-bond donors (Lipinski definition) is 2. The van der Waals surface area contributed by atoms with E-state index in [0.717, 1.165) is 12.5 Å². The van der Waals surface area contributed by atoms with Gasteiger partial charge in [-0.15, -0.1) is 0 Å². The highest BCUT2D eigenvalue weighted by Crippen LogP contribution is 2.44. The monoisotopic (exact) mass is 796 g/mol. The van der Waals surface area contributed by atoms with Crippen molar-refractivity contribution in [2.75, 3.05) is 34.3 Å². The number of fused-ring (bicyclic) bond motifs is 1. The highest BCUT2D eigenvalue weighted by Gasteiger charge is 2.62. The molecule has 0 radical (unpaired) electrons. The van der Waals surface area contributed by atoms with Crippen molar-refractivity contribution in [1.82, 2.24) is 14.9 Å². The van der Waals surface area contributed by atoms with E-state index in [4.69, 9.17) is 29.4 Å². The maximum atomic E-state index is 16.8. The summed E-state index contributed by atoms with van der Waals surface area (Å²) >= 11 is 0. The summed E-state index contributed by atoms with van der Waals surface area (Å²) in [6.07, 6.45) is -3.95. The number of aliphatic hydroxyl groups excluding tert-OH is 1. The van der Waals surface area contributed by atoms with E-state index in [1.165, 1.54) is 38.1 Å². The van der Waals surface area contributed by atoms with E-state index in [-0.39, 0.29) is 30.3 Å². The van der Waals surface area contributed by atoms with Gasteiger partial charge < -0.3 is 39.4 Å². The van der Waals surface area contributed by atoms with Crippen LogP contribution in [-0.4, -0.2) is 138 Å². The van der Waals surface area contributed by atoms with E-state index in [1.807, 2.05) is 57.8 Å². The summed E-state index contributed by atoms with van der Waals surface area (Å²) in [7, 11) is 5.13. The number of aryl methyl sites for hydroxylation is 1. The highest BCUT2D eigenvalue weighted by atomic mass is 19.1. The molecule has 0 saturated carbocycles. The fourth-order valence-electron chi connectivity index (χ4n) is 9.05. The molecular weight excluding hydrogens is 730 g/mol. The minimum Gasteiger partial charge on any atom is -0.456 e. The molecule has 14 atom stereocenters.